The molecule has 0 atom stereocenters. The van der Waals surface area contributed by atoms with Gasteiger partial charge in [-0.15, -0.1) is 0 Å². The highest BCUT2D eigenvalue weighted by atomic mass is 79.9. The third-order valence-corrected chi connectivity index (χ3v) is 6.74. The molecule has 1 aliphatic rings. The molecule has 0 unspecified atom stereocenters. The molecule has 1 aliphatic heterocycles. The maximum atomic E-state index is 12.4. The number of hydrogen-bond donors (Lipinski definition) is 0. The molecule has 0 radical (unpaired) electrons. The Balaban J connectivity index is 1.63. The molecule has 1 heterocycles. The third kappa shape index (κ3) is 5.57. The van der Waals surface area contributed by atoms with E-state index in [0.29, 0.717) is 34.7 Å². The summed E-state index contributed by atoms with van der Waals surface area (Å²) in [5, 5.41) is 0. The third-order valence-electron chi connectivity index (χ3n) is 4.69. The van der Waals surface area contributed by atoms with Crippen LogP contribution < -0.4 is 9.47 Å². The number of aliphatic imine (C=N–C) groups is 1. The lowest BCUT2D eigenvalue weighted by molar-refractivity contribution is -0.129. The van der Waals surface area contributed by atoms with Gasteiger partial charge >= 0.3 is 5.97 Å². The topological polar surface area (TPSA) is 57.1 Å². The number of halogens is 3. The highest BCUT2D eigenvalue weighted by Gasteiger charge is 2.25. The van der Waals surface area contributed by atoms with E-state index >= 15 is 0 Å². The Kier molecular flexibility index (Phi) is 7.67. The average Bonchev–Trinajstić information content (AvgIpc) is 3.14. The van der Waals surface area contributed by atoms with Crippen molar-refractivity contribution in [2.24, 2.45) is 4.99 Å². The fraction of sp³-hybridized carbons (Fsp3) is 0.120. The molecule has 0 saturated heterocycles. The zero-order valence-electron chi connectivity index (χ0n) is 17.5. The maximum Gasteiger partial charge on any atom is 0.363 e. The molecule has 0 N–H and O–H groups in total. The standard InChI is InChI=1S/C25H18Br3NO4/c1-2-31-22-13-15(11-20(28)23(22)32-14-16-7-3-5-9-18(16)26)12-21-25(30)33-24(29-21)17-8-4-6-10-19(17)27/h3-13H,2,14H2,1H3/b21-12-. The molecule has 0 aliphatic carbocycles. The van der Waals surface area contributed by atoms with Crippen molar-refractivity contribution in [1.82, 2.24) is 0 Å². The van der Waals surface area contributed by atoms with Crippen LogP contribution in [0.2, 0.25) is 0 Å². The molecule has 3 aromatic rings. The van der Waals surface area contributed by atoms with Gasteiger partial charge < -0.3 is 14.2 Å². The van der Waals surface area contributed by atoms with Crippen molar-refractivity contribution in [3.63, 3.8) is 0 Å². The van der Waals surface area contributed by atoms with Crippen LogP contribution in [0.4, 0.5) is 0 Å². The quantitative estimate of drug-likeness (QED) is 0.202. The predicted molar refractivity (Wildman–Crippen MR) is 139 cm³/mol. The molecule has 0 bridgehead atoms. The van der Waals surface area contributed by atoms with Gasteiger partial charge in [0.15, 0.2) is 17.2 Å². The number of nitrogens with zero attached hydrogens (tertiary/aromatic N) is 1. The van der Waals surface area contributed by atoms with Crippen LogP contribution in [-0.2, 0) is 16.1 Å². The van der Waals surface area contributed by atoms with Gasteiger partial charge in [0.1, 0.15) is 6.61 Å². The van der Waals surface area contributed by atoms with Crippen molar-refractivity contribution in [2.75, 3.05) is 6.61 Å². The van der Waals surface area contributed by atoms with Gasteiger partial charge in [-0.3, -0.25) is 0 Å². The fourth-order valence-electron chi connectivity index (χ4n) is 3.16. The van der Waals surface area contributed by atoms with Crippen molar-refractivity contribution in [3.05, 3.63) is 96.5 Å². The summed E-state index contributed by atoms with van der Waals surface area (Å²) in [5.41, 5.74) is 2.65. The van der Waals surface area contributed by atoms with E-state index in [0.717, 1.165) is 20.1 Å². The van der Waals surface area contributed by atoms with Gasteiger partial charge in [-0.25, -0.2) is 9.79 Å². The lowest BCUT2D eigenvalue weighted by Gasteiger charge is -2.15. The minimum absolute atomic E-state index is 0.206. The Labute approximate surface area is 216 Å². The largest absolute Gasteiger partial charge is 0.490 e. The number of cyclic esters (lactones) is 1. The summed E-state index contributed by atoms with van der Waals surface area (Å²) in [4.78, 5) is 16.8. The summed E-state index contributed by atoms with van der Waals surface area (Å²) in [6.07, 6.45) is 1.66. The van der Waals surface area contributed by atoms with Crippen LogP contribution in [0.5, 0.6) is 11.5 Å². The first kappa shape index (κ1) is 23.7. The minimum atomic E-state index is -0.510. The molecule has 5 nitrogen and oxygen atoms in total. The number of esters is 1. The molecule has 0 saturated carbocycles. The molecular formula is C25H18Br3NO4. The Hall–Kier alpha value is -2.42. The van der Waals surface area contributed by atoms with Crippen LogP contribution >= 0.6 is 47.8 Å². The number of benzene rings is 3. The van der Waals surface area contributed by atoms with E-state index in [2.05, 4.69) is 52.8 Å². The molecule has 0 amide bonds. The van der Waals surface area contributed by atoms with Crippen LogP contribution in [0.25, 0.3) is 6.08 Å². The van der Waals surface area contributed by atoms with E-state index in [1.165, 1.54) is 0 Å². The molecule has 0 aromatic heterocycles. The summed E-state index contributed by atoms with van der Waals surface area (Å²) in [5.74, 6) is 0.897. The number of rotatable bonds is 7. The van der Waals surface area contributed by atoms with E-state index in [4.69, 9.17) is 14.2 Å². The second-order valence-corrected chi connectivity index (χ2v) is 9.52. The number of hydrogen-bond acceptors (Lipinski definition) is 5. The van der Waals surface area contributed by atoms with E-state index < -0.39 is 5.97 Å². The zero-order valence-corrected chi connectivity index (χ0v) is 22.2. The lowest BCUT2D eigenvalue weighted by Crippen LogP contribution is -2.06. The molecule has 0 spiro atoms. The molecule has 3 aromatic carbocycles. The Morgan fingerprint density at radius 3 is 2.39 bits per heavy atom. The SMILES string of the molecule is CCOc1cc(/C=C2\N=C(c3ccccc3Br)OC2=O)cc(Br)c1OCc1ccccc1Br. The Morgan fingerprint density at radius 1 is 0.939 bits per heavy atom. The highest BCUT2D eigenvalue weighted by molar-refractivity contribution is 9.11. The van der Waals surface area contributed by atoms with Gasteiger partial charge in [-0.2, -0.15) is 0 Å². The summed E-state index contributed by atoms with van der Waals surface area (Å²) in [7, 11) is 0. The normalized spacial score (nSPS) is 14.2. The van der Waals surface area contributed by atoms with Crippen LogP contribution in [0.15, 0.2) is 84.8 Å². The zero-order chi connectivity index (χ0) is 23.4. The van der Waals surface area contributed by atoms with E-state index in [1.807, 2.05) is 67.6 Å². The van der Waals surface area contributed by atoms with Gasteiger partial charge in [-0.05, 0) is 80.8 Å². The van der Waals surface area contributed by atoms with Crippen LogP contribution in [0, 0.1) is 0 Å². The first-order valence-corrected chi connectivity index (χ1v) is 12.4. The second kappa shape index (κ2) is 10.7. The van der Waals surface area contributed by atoms with E-state index in [-0.39, 0.29) is 11.6 Å². The minimum Gasteiger partial charge on any atom is -0.490 e. The first-order chi connectivity index (χ1) is 16.0. The van der Waals surface area contributed by atoms with Gasteiger partial charge in [0, 0.05) is 14.5 Å². The van der Waals surface area contributed by atoms with Gasteiger partial charge in [-0.1, -0.05) is 46.3 Å². The van der Waals surface area contributed by atoms with Crippen LogP contribution in [0.3, 0.4) is 0 Å². The molecule has 4 rings (SSSR count). The number of ether oxygens (including phenoxy) is 3. The smallest absolute Gasteiger partial charge is 0.363 e. The van der Waals surface area contributed by atoms with Crippen molar-refractivity contribution in [3.8, 4) is 11.5 Å². The van der Waals surface area contributed by atoms with Crippen LogP contribution in [0.1, 0.15) is 23.6 Å². The second-order valence-electron chi connectivity index (χ2n) is 6.96. The lowest BCUT2D eigenvalue weighted by atomic mass is 10.1. The summed E-state index contributed by atoms with van der Waals surface area (Å²) >= 11 is 10.6. The van der Waals surface area contributed by atoms with Gasteiger partial charge in [0.2, 0.25) is 5.90 Å². The first-order valence-electron chi connectivity index (χ1n) is 10.1. The predicted octanol–water partition coefficient (Wildman–Crippen LogP) is 7.30. The Morgan fingerprint density at radius 2 is 1.67 bits per heavy atom. The van der Waals surface area contributed by atoms with E-state index in [9.17, 15) is 4.79 Å². The Bertz CT molecular complexity index is 1270. The van der Waals surface area contributed by atoms with Crippen molar-refractivity contribution >= 4 is 65.7 Å². The van der Waals surface area contributed by atoms with Crippen molar-refractivity contribution in [2.45, 2.75) is 13.5 Å². The van der Waals surface area contributed by atoms with Gasteiger partial charge in [0.05, 0.1) is 16.6 Å². The fourth-order valence-corrected chi connectivity index (χ4v) is 4.58. The molecule has 8 heteroatoms. The van der Waals surface area contributed by atoms with Gasteiger partial charge in [0.25, 0.3) is 0 Å². The number of carbonyl (C=O) groups excluding carboxylic acids is 1. The van der Waals surface area contributed by atoms with E-state index in [1.54, 1.807) is 6.08 Å². The summed E-state index contributed by atoms with van der Waals surface area (Å²) < 4.78 is 19.7. The maximum absolute atomic E-state index is 12.4. The summed E-state index contributed by atoms with van der Waals surface area (Å²) in [6, 6.07) is 19.0. The van der Waals surface area contributed by atoms with Crippen LogP contribution in [-0.4, -0.2) is 18.5 Å². The monoisotopic (exact) mass is 633 g/mol. The molecular weight excluding hydrogens is 618 g/mol. The average molecular weight is 636 g/mol. The van der Waals surface area contributed by atoms with Crippen molar-refractivity contribution < 1.29 is 19.0 Å². The molecule has 33 heavy (non-hydrogen) atoms. The van der Waals surface area contributed by atoms with Crippen molar-refractivity contribution in [1.29, 1.82) is 0 Å². The molecule has 168 valence electrons. The summed E-state index contributed by atoms with van der Waals surface area (Å²) in [6.45, 7) is 2.73. The number of carbonyl (C=O) groups is 1. The molecule has 0 fully saturated rings. The highest BCUT2D eigenvalue weighted by Crippen LogP contribution is 2.38.